The SMILES string of the molecule is CC(C)(C)Nc1ncnc(Nc2ccc(Cl)cn2)c1[N+](=O)[O-]. The maximum absolute atomic E-state index is 11.4. The summed E-state index contributed by atoms with van der Waals surface area (Å²) in [6, 6.07) is 3.23. The molecule has 2 N–H and O–H groups in total. The second-order valence-corrected chi connectivity index (χ2v) is 5.97. The van der Waals surface area contributed by atoms with Crippen LogP contribution in [0.5, 0.6) is 0 Å². The molecule has 0 amide bonds. The van der Waals surface area contributed by atoms with Gasteiger partial charge in [0.25, 0.3) is 0 Å². The van der Waals surface area contributed by atoms with E-state index in [-0.39, 0.29) is 22.9 Å². The van der Waals surface area contributed by atoms with Gasteiger partial charge in [0.15, 0.2) is 0 Å². The Hall–Kier alpha value is -2.48. The Balaban J connectivity index is 2.40. The molecule has 9 heteroatoms. The van der Waals surface area contributed by atoms with Crippen LogP contribution in [0.3, 0.4) is 0 Å². The minimum Gasteiger partial charge on any atom is -0.360 e. The molecule has 2 heterocycles. The summed E-state index contributed by atoms with van der Waals surface area (Å²) < 4.78 is 0. The van der Waals surface area contributed by atoms with E-state index in [1.165, 1.54) is 12.5 Å². The van der Waals surface area contributed by atoms with Crippen molar-refractivity contribution in [1.82, 2.24) is 15.0 Å². The van der Waals surface area contributed by atoms with Gasteiger partial charge in [-0.15, -0.1) is 0 Å². The topological polar surface area (TPSA) is 106 Å². The molecule has 8 nitrogen and oxygen atoms in total. The van der Waals surface area contributed by atoms with Gasteiger partial charge in [-0.1, -0.05) is 11.6 Å². The Morgan fingerprint density at radius 1 is 1.18 bits per heavy atom. The van der Waals surface area contributed by atoms with E-state index >= 15 is 0 Å². The van der Waals surface area contributed by atoms with Crippen molar-refractivity contribution in [2.45, 2.75) is 26.3 Å². The van der Waals surface area contributed by atoms with Crippen LogP contribution in [0.15, 0.2) is 24.7 Å². The van der Waals surface area contributed by atoms with E-state index < -0.39 is 4.92 Å². The van der Waals surface area contributed by atoms with Gasteiger partial charge in [0, 0.05) is 11.7 Å². The van der Waals surface area contributed by atoms with E-state index in [1.54, 1.807) is 12.1 Å². The van der Waals surface area contributed by atoms with Crippen molar-refractivity contribution in [3.8, 4) is 0 Å². The van der Waals surface area contributed by atoms with E-state index in [0.717, 1.165) is 0 Å². The Bertz CT molecular complexity index is 684. The lowest BCUT2D eigenvalue weighted by atomic mass is 10.1. The highest BCUT2D eigenvalue weighted by atomic mass is 35.5. The third kappa shape index (κ3) is 4.01. The van der Waals surface area contributed by atoms with Gasteiger partial charge in [-0.25, -0.2) is 15.0 Å². The van der Waals surface area contributed by atoms with Crippen molar-refractivity contribution in [2.24, 2.45) is 0 Å². The van der Waals surface area contributed by atoms with Gasteiger partial charge < -0.3 is 10.6 Å². The fraction of sp³-hybridized carbons (Fsp3) is 0.308. The third-order valence-electron chi connectivity index (χ3n) is 2.47. The number of rotatable bonds is 4. The maximum atomic E-state index is 11.4. The van der Waals surface area contributed by atoms with Crippen molar-refractivity contribution >= 4 is 34.7 Å². The third-order valence-corrected chi connectivity index (χ3v) is 2.70. The van der Waals surface area contributed by atoms with Gasteiger partial charge in [-0.3, -0.25) is 10.1 Å². The first-order chi connectivity index (χ1) is 10.3. The second kappa shape index (κ2) is 6.10. The minimum atomic E-state index is -0.535. The van der Waals surface area contributed by atoms with Crippen LogP contribution in [0.4, 0.5) is 23.1 Å². The lowest BCUT2D eigenvalue weighted by molar-refractivity contribution is -0.383. The molecule has 0 aliphatic carbocycles. The Morgan fingerprint density at radius 2 is 1.86 bits per heavy atom. The van der Waals surface area contributed by atoms with Crippen molar-refractivity contribution in [3.63, 3.8) is 0 Å². The van der Waals surface area contributed by atoms with Crippen molar-refractivity contribution in [1.29, 1.82) is 0 Å². The number of hydrogen-bond donors (Lipinski definition) is 2. The van der Waals surface area contributed by atoms with Gasteiger partial charge in [-0.05, 0) is 32.9 Å². The fourth-order valence-electron chi connectivity index (χ4n) is 1.66. The Morgan fingerprint density at radius 3 is 2.41 bits per heavy atom. The van der Waals surface area contributed by atoms with E-state index in [0.29, 0.717) is 10.8 Å². The molecule has 0 spiro atoms. The molecule has 0 unspecified atom stereocenters. The molecule has 0 saturated heterocycles. The average Bonchev–Trinajstić information content (AvgIpc) is 2.39. The molecule has 2 aromatic heterocycles. The zero-order valence-electron chi connectivity index (χ0n) is 12.3. The summed E-state index contributed by atoms with van der Waals surface area (Å²) in [6.45, 7) is 5.64. The molecule has 22 heavy (non-hydrogen) atoms. The summed E-state index contributed by atoms with van der Waals surface area (Å²) in [7, 11) is 0. The molecule has 0 atom stereocenters. The van der Waals surface area contributed by atoms with E-state index in [9.17, 15) is 10.1 Å². The van der Waals surface area contributed by atoms with Crippen LogP contribution in [0.25, 0.3) is 0 Å². The minimum absolute atomic E-state index is 0.0570. The highest BCUT2D eigenvalue weighted by Crippen LogP contribution is 2.32. The van der Waals surface area contributed by atoms with Gasteiger partial charge in [0.05, 0.1) is 9.95 Å². The lowest BCUT2D eigenvalue weighted by Gasteiger charge is -2.21. The highest BCUT2D eigenvalue weighted by molar-refractivity contribution is 6.30. The largest absolute Gasteiger partial charge is 0.360 e. The van der Waals surface area contributed by atoms with E-state index in [1.807, 2.05) is 20.8 Å². The molecule has 0 radical (unpaired) electrons. The number of halogens is 1. The summed E-state index contributed by atoms with van der Waals surface area (Å²) >= 11 is 5.76. The van der Waals surface area contributed by atoms with Crippen LogP contribution in [0.2, 0.25) is 5.02 Å². The molecule has 0 aliphatic rings. The van der Waals surface area contributed by atoms with Crippen LogP contribution in [-0.2, 0) is 0 Å². The van der Waals surface area contributed by atoms with Crippen LogP contribution in [0.1, 0.15) is 20.8 Å². The molecule has 0 aliphatic heterocycles. The van der Waals surface area contributed by atoms with Crippen LogP contribution in [-0.4, -0.2) is 25.4 Å². The molecule has 0 fully saturated rings. The summed E-state index contributed by atoms with van der Waals surface area (Å²) in [5, 5.41) is 17.6. The van der Waals surface area contributed by atoms with Gasteiger partial charge >= 0.3 is 5.69 Å². The molecule has 116 valence electrons. The van der Waals surface area contributed by atoms with Crippen molar-refractivity contribution < 1.29 is 4.92 Å². The summed E-state index contributed by atoms with van der Waals surface area (Å²) in [5.41, 5.74) is -0.622. The lowest BCUT2D eigenvalue weighted by Crippen LogP contribution is -2.27. The monoisotopic (exact) mass is 322 g/mol. The van der Waals surface area contributed by atoms with Gasteiger partial charge in [-0.2, -0.15) is 0 Å². The fourth-order valence-corrected chi connectivity index (χ4v) is 1.77. The summed E-state index contributed by atoms with van der Waals surface area (Å²) in [5.74, 6) is 0.596. The highest BCUT2D eigenvalue weighted by Gasteiger charge is 2.26. The van der Waals surface area contributed by atoms with Gasteiger partial charge in [0.1, 0.15) is 12.1 Å². The number of aromatic nitrogens is 3. The number of nitrogens with zero attached hydrogens (tertiary/aromatic N) is 4. The first-order valence-electron chi connectivity index (χ1n) is 6.42. The smallest absolute Gasteiger partial charge is 0.353 e. The molecule has 2 rings (SSSR count). The Labute approximate surface area is 132 Å². The standard InChI is InChI=1S/C13H15ClN6O2/c1-13(2,3)19-12-10(20(21)22)11(16-7-17-12)18-9-5-4-8(14)6-15-9/h4-7H,1-3H3,(H2,15,16,17,18,19). The predicted molar refractivity (Wildman–Crippen MR) is 84.6 cm³/mol. The molecular weight excluding hydrogens is 308 g/mol. The number of nitrogens with one attached hydrogen (secondary N) is 2. The van der Waals surface area contributed by atoms with Crippen LogP contribution < -0.4 is 10.6 Å². The van der Waals surface area contributed by atoms with Crippen molar-refractivity contribution in [3.05, 3.63) is 39.8 Å². The normalized spacial score (nSPS) is 11.1. The van der Waals surface area contributed by atoms with E-state index in [4.69, 9.17) is 11.6 Å². The van der Waals surface area contributed by atoms with Gasteiger partial charge in [0.2, 0.25) is 11.6 Å². The zero-order valence-corrected chi connectivity index (χ0v) is 13.0. The molecular formula is C13H15ClN6O2. The number of pyridine rings is 1. The second-order valence-electron chi connectivity index (χ2n) is 5.54. The first-order valence-corrected chi connectivity index (χ1v) is 6.80. The maximum Gasteiger partial charge on any atom is 0.353 e. The first kappa shape index (κ1) is 15.9. The molecule has 0 saturated carbocycles. The predicted octanol–water partition coefficient (Wildman–Crippen LogP) is 3.39. The quantitative estimate of drug-likeness (QED) is 0.656. The average molecular weight is 323 g/mol. The number of nitro groups is 1. The zero-order chi connectivity index (χ0) is 16.3. The number of anilines is 3. The van der Waals surface area contributed by atoms with Crippen LogP contribution in [0, 0.1) is 10.1 Å². The molecule has 0 bridgehead atoms. The van der Waals surface area contributed by atoms with Crippen molar-refractivity contribution in [2.75, 3.05) is 10.6 Å². The number of hydrogen-bond acceptors (Lipinski definition) is 7. The summed E-state index contributed by atoms with van der Waals surface area (Å²) in [6.07, 6.45) is 2.69. The summed E-state index contributed by atoms with van der Waals surface area (Å²) in [4.78, 5) is 22.8. The van der Waals surface area contributed by atoms with Crippen LogP contribution >= 0.6 is 11.6 Å². The van der Waals surface area contributed by atoms with E-state index in [2.05, 4.69) is 25.6 Å². The molecule has 2 aromatic rings. The Kier molecular flexibility index (Phi) is 4.41. The molecule has 0 aromatic carbocycles.